The molecule has 0 spiro atoms. The van der Waals surface area contributed by atoms with Crippen LogP contribution in [-0.4, -0.2) is 49.5 Å². The first-order valence-corrected chi connectivity index (χ1v) is 11.9. The molecule has 0 atom stereocenters. The molecule has 196 valence electrons. The van der Waals surface area contributed by atoms with E-state index in [4.69, 9.17) is 13.9 Å². The summed E-state index contributed by atoms with van der Waals surface area (Å²) < 4.78 is 21.5. The van der Waals surface area contributed by atoms with E-state index in [0.29, 0.717) is 27.2 Å². The molecule has 11 nitrogen and oxygen atoms in total. The fourth-order valence-electron chi connectivity index (χ4n) is 3.53. The third kappa shape index (κ3) is 6.03. The molecule has 1 aromatic heterocycles. The Morgan fingerprint density at radius 3 is 2.58 bits per heavy atom. The molecule has 0 aliphatic carbocycles. The molecular formula is C26H22BrN3O8. The number of rotatable bonds is 9. The molecule has 4 rings (SSSR count). The number of hydrogen-bond donors (Lipinski definition) is 2. The maximum absolute atomic E-state index is 12.9. The largest absolute Gasteiger partial charge is 0.493 e. The van der Waals surface area contributed by atoms with Crippen molar-refractivity contribution >= 4 is 51.5 Å². The molecule has 2 aromatic carbocycles. The number of imide groups is 1. The van der Waals surface area contributed by atoms with Crippen LogP contribution in [0.4, 0.5) is 10.5 Å². The summed E-state index contributed by atoms with van der Waals surface area (Å²) in [6, 6.07) is 14.4. The number of ether oxygens (including phenoxy) is 3. The monoisotopic (exact) mass is 583 g/mol. The van der Waals surface area contributed by atoms with Gasteiger partial charge < -0.3 is 29.3 Å². The van der Waals surface area contributed by atoms with Crippen molar-refractivity contribution in [2.75, 3.05) is 26.1 Å². The van der Waals surface area contributed by atoms with Gasteiger partial charge in [-0.05, 0) is 64.0 Å². The van der Waals surface area contributed by atoms with Gasteiger partial charge in [-0.1, -0.05) is 18.2 Å². The van der Waals surface area contributed by atoms with Gasteiger partial charge in [-0.2, -0.15) is 0 Å². The van der Waals surface area contributed by atoms with E-state index in [1.807, 2.05) is 6.07 Å². The number of esters is 1. The molecule has 1 saturated heterocycles. The Morgan fingerprint density at radius 1 is 1.11 bits per heavy atom. The van der Waals surface area contributed by atoms with Crippen LogP contribution >= 0.6 is 15.9 Å². The third-order valence-corrected chi connectivity index (χ3v) is 5.88. The lowest BCUT2D eigenvalue weighted by Gasteiger charge is -2.14. The number of amides is 4. The van der Waals surface area contributed by atoms with Gasteiger partial charge in [0, 0.05) is 5.69 Å². The van der Waals surface area contributed by atoms with Gasteiger partial charge in [0.05, 0.1) is 25.2 Å². The topological polar surface area (TPSA) is 136 Å². The number of urea groups is 1. The Morgan fingerprint density at radius 2 is 1.87 bits per heavy atom. The second-order valence-corrected chi connectivity index (χ2v) is 8.73. The number of nitrogens with one attached hydrogen (secondary N) is 2. The second kappa shape index (κ2) is 11.6. The van der Waals surface area contributed by atoms with Crippen LogP contribution in [0.25, 0.3) is 6.08 Å². The lowest BCUT2D eigenvalue weighted by molar-refractivity contribution is -0.123. The maximum Gasteiger partial charge on any atom is 0.373 e. The van der Waals surface area contributed by atoms with Gasteiger partial charge in [-0.15, -0.1) is 0 Å². The summed E-state index contributed by atoms with van der Waals surface area (Å²) in [5.41, 5.74) is 1.19. The van der Waals surface area contributed by atoms with Crippen molar-refractivity contribution < 1.29 is 37.8 Å². The average Bonchev–Trinajstić information content (AvgIpc) is 3.48. The summed E-state index contributed by atoms with van der Waals surface area (Å²) in [5.74, 6) is -0.818. The van der Waals surface area contributed by atoms with Crippen molar-refractivity contribution in [2.24, 2.45) is 0 Å². The average molecular weight is 584 g/mol. The third-order valence-electron chi connectivity index (χ3n) is 5.29. The minimum Gasteiger partial charge on any atom is -0.493 e. The lowest BCUT2D eigenvalue weighted by Crippen LogP contribution is -2.30. The van der Waals surface area contributed by atoms with Crippen molar-refractivity contribution in [1.82, 2.24) is 10.2 Å². The first-order chi connectivity index (χ1) is 18.3. The zero-order valence-corrected chi connectivity index (χ0v) is 21.9. The Labute approximate surface area is 225 Å². The standard InChI is InChI=1S/C26H22BrN3O8/c1-35-21-12-15(10-18(27)23(21)37-14-22(31)28-16-6-4-3-5-7-16)11-19-24(32)30(26(34)29-19)13-17-8-9-20(38-17)25(33)36-2/h3-12H,13-14H2,1-2H3,(H,28,31)(H,29,34)/b19-11-. The Kier molecular flexibility index (Phi) is 8.12. The van der Waals surface area contributed by atoms with E-state index < -0.39 is 17.9 Å². The summed E-state index contributed by atoms with van der Waals surface area (Å²) in [5, 5.41) is 5.25. The van der Waals surface area contributed by atoms with Gasteiger partial charge in [-0.3, -0.25) is 14.5 Å². The molecule has 1 fully saturated rings. The highest BCUT2D eigenvalue weighted by atomic mass is 79.9. The van der Waals surface area contributed by atoms with Crippen LogP contribution in [0, 0.1) is 0 Å². The van der Waals surface area contributed by atoms with E-state index in [9.17, 15) is 19.2 Å². The van der Waals surface area contributed by atoms with Gasteiger partial charge in [0.15, 0.2) is 18.1 Å². The second-order valence-electron chi connectivity index (χ2n) is 7.87. The first-order valence-electron chi connectivity index (χ1n) is 11.2. The predicted octanol–water partition coefficient (Wildman–Crippen LogP) is 3.95. The Hall–Kier alpha value is -4.58. The first kappa shape index (κ1) is 26.5. The predicted molar refractivity (Wildman–Crippen MR) is 138 cm³/mol. The number of nitrogens with zero attached hydrogens (tertiary/aromatic N) is 1. The van der Waals surface area contributed by atoms with Gasteiger partial charge in [0.2, 0.25) is 5.76 Å². The van der Waals surface area contributed by atoms with Crippen LogP contribution in [0.3, 0.4) is 0 Å². The molecular weight excluding hydrogens is 562 g/mol. The molecule has 3 aromatic rings. The molecule has 1 aliphatic rings. The highest BCUT2D eigenvalue weighted by Gasteiger charge is 2.34. The highest BCUT2D eigenvalue weighted by molar-refractivity contribution is 9.10. The molecule has 2 N–H and O–H groups in total. The van der Waals surface area contributed by atoms with E-state index in [0.717, 1.165) is 4.90 Å². The van der Waals surface area contributed by atoms with Crippen LogP contribution in [0.5, 0.6) is 11.5 Å². The van der Waals surface area contributed by atoms with Crippen molar-refractivity contribution in [1.29, 1.82) is 0 Å². The van der Waals surface area contributed by atoms with Crippen LogP contribution in [0.1, 0.15) is 21.9 Å². The number of para-hydroxylation sites is 1. The Bertz CT molecular complexity index is 1420. The number of methoxy groups -OCH3 is 2. The van der Waals surface area contributed by atoms with Crippen molar-refractivity contribution in [3.05, 3.63) is 81.9 Å². The van der Waals surface area contributed by atoms with Crippen LogP contribution in [0.15, 0.2) is 69.2 Å². The quantitative estimate of drug-likeness (QED) is 0.219. The number of benzene rings is 2. The normalized spacial score (nSPS) is 13.9. The summed E-state index contributed by atoms with van der Waals surface area (Å²) in [4.78, 5) is 50.1. The van der Waals surface area contributed by atoms with Crippen molar-refractivity contribution in [3.8, 4) is 11.5 Å². The SMILES string of the molecule is COC(=O)c1ccc(CN2C(=O)N/C(=C\c3cc(Br)c(OCC(=O)Nc4ccccc4)c(OC)c3)C2=O)o1. The van der Waals surface area contributed by atoms with Crippen LogP contribution in [0.2, 0.25) is 0 Å². The number of hydrogen-bond acceptors (Lipinski definition) is 8. The Balaban J connectivity index is 1.45. The van der Waals surface area contributed by atoms with Crippen molar-refractivity contribution in [2.45, 2.75) is 6.54 Å². The molecule has 2 heterocycles. The molecule has 0 radical (unpaired) electrons. The summed E-state index contributed by atoms with van der Waals surface area (Å²) in [6.07, 6.45) is 1.47. The summed E-state index contributed by atoms with van der Waals surface area (Å²) in [7, 11) is 2.65. The molecule has 0 unspecified atom stereocenters. The maximum atomic E-state index is 12.9. The number of halogens is 1. The number of furan rings is 1. The van der Waals surface area contributed by atoms with Crippen molar-refractivity contribution in [3.63, 3.8) is 0 Å². The van der Waals surface area contributed by atoms with E-state index in [1.54, 1.807) is 36.4 Å². The molecule has 1 aliphatic heterocycles. The minimum absolute atomic E-state index is 0.0274. The minimum atomic E-state index is -0.669. The molecule has 0 saturated carbocycles. The molecule has 0 bridgehead atoms. The number of anilines is 1. The van der Waals surface area contributed by atoms with E-state index >= 15 is 0 Å². The number of carbonyl (C=O) groups excluding carboxylic acids is 4. The fourth-order valence-corrected chi connectivity index (χ4v) is 4.10. The van der Waals surface area contributed by atoms with Crippen LogP contribution < -0.4 is 20.1 Å². The zero-order valence-electron chi connectivity index (χ0n) is 20.3. The van der Waals surface area contributed by atoms with Gasteiger partial charge in [-0.25, -0.2) is 9.59 Å². The highest BCUT2D eigenvalue weighted by Crippen LogP contribution is 2.37. The molecule has 38 heavy (non-hydrogen) atoms. The van der Waals surface area contributed by atoms with Gasteiger partial charge in [0.25, 0.3) is 11.8 Å². The van der Waals surface area contributed by atoms with E-state index in [2.05, 4.69) is 31.3 Å². The zero-order chi connectivity index (χ0) is 27.2. The summed E-state index contributed by atoms with van der Waals surface area (Å²) >= 11 is 3.41. The van der Waals surface area contributed by atoms with Gasteiger partial charge in [0.1, 0.15) is 11.5 Å². The molecule has 12 heteroatoms. The smallest absolute Gasteiger partial charge is 0.373 e. The van der Waals surface area contributed by atoms with E-state index in [-0.39, 0.29) is 36.3 Å². The number of carbonyl (C=O) groups is 4. The van der Waals surface area contributed by atoms with E-state index in [1.165, 1.54) is 32.4 Å². The van der Waals surface area contributed by atoms with Crippen LogP contribution in [-0.2, 0) is 20.9 Å². The fraction of sp³-hybridized carbons (Fsp3) is 0.154. The summed E-state index contributed by atoms with van der Waals surface area (Å²) in [6.45, 7) is -0.442. The molecule has 4 amide bonds. The van der Waals surface area contributed by atoms with Gasteiger partial charge >= 0.3 is 12.0 Å². The lowest BCUT2D eigenvalue weighted by atomic mass is 10.1.